The van der Waals surface area contributed by atoms with Crippen LogP contribution in [0.3, 0.4) is 0 Å². The Balaban J connectivity index is 1.54. The number of nitrogens with one attached hydrogen (secondary N) is 1. The summed E-state index contributed by atoms with van der Waals surface area (Å²) in [6.07, 6.45) is 1.72. The van der Waals surface area contributed by atoms with Crippen LogP contribution >= 0.6 is 11.8 Å². The van der Waals surface area contributed by atoms with Crippen molar-refractivity contribution in [2.24, 2.45) is 0 Å². The molecule has 0 spiro atoms. The normalized spacial score (nSPS) is 21.7. The Hall–Kier alpha value is -2.67. The predicted octanol–water partition coefficient (Wildman–Crippen LogP) is 4.19. The van der Waals surface area contributed by atoms with Crippen LogP contribution in [0.1, 0.15) is 54.1 Å². The zero-order valence-electron chi connectivity index (χ0n) is 19.2. The second kappa shape index (κ2) is 8.70. The van der Waals surface area contributed by atoms with Crippen LogP contribution in [0.5, 0.6) is 11.5 Å². The largest absolute Gasteiger partial charge is 0.493 e. The van der Waals surface area contributed by atoms with Gasteiger partial charge in [0.25, 0.3) is 5.91 Å². The molecule has 1 saturated heterocycles. The highest BCUT2D eigenvalue weighted by molar-refractivity contribution is 8.01. The van der Waals surface area contributed by atoms with Gasteiger partial charge in [0.15, 0.2) is 11.5 Å². The molecule has 0 aliphatic carbocycles. The molecule has 170 valence electrons. The van der Waals surface area contributed by atoms with Gasteiger partial charge in [-0.3, -0.25) is 9.59 Å². The molecule has 4 rings (SSSR count). The van der Waals surface area contributed by atoms with Crippen LogP contribution < -0.4 is 14.8 Å². The summed E-state index contributed by atoms with van der Waals surface area (Å²) >= 11 is 1.64. The van der Waals surface area contributed by atoms with Crippen LogP contribution in [-0.4, -0.2) is 47.8 Å². The van der Waals surface area contributed by atoms with Gasteiger partial charge >= 0.3 is 0 Å². The van der Waals surface area contributed by atoms with Crippen LogP contribution in [0.15, 0.2) is 42.5 Å². The summed E-state index contributed by atoms with van der Waals surface area (Å²) in [6, 6.07) is 13.4. The van der Waals surface area contributed by atoms with Crippen LogP contribution in [0.25, 0.3) is 0 Å². The molecule has 0 aromatic heterocycles. The summed E-state index contributed by atoms with van der Waals surface area (Å²) in [5.41, 5.74) is 2.62. The molecule has 0 unspecified atom stereocenters. The van der Waals surface area contributed by atoms with Gasteiger partial charge in [0.1, 0.15) is 11.4 Å². The second-order valence-corrected chi connectivity index (χ2v) is 10.6. The van der Waals surface area contributed by atoms with Gasteiger partial charge in [-0.2, -0.15) is 0 Å². The number of methoxy groups -OCH3 is 2. The Kier molecular flexibility index (Phi) is 6.12. The number of hydrogen-bond donors (Lipinski definition) is 1. The molecule has 6 nitrogen and oxygen atoms in total. The number of aryl methyl sites for hydroxylation is 1. The molecular formula is C25H30N2O4S. The third-order valence-electron chi connectivity index (χ3n) is 6.24. The molecule has 0 radical (unpaired) electrons. The van der Waals surface area contributed by atoms with E-state index >= 15 is 0 Å². The van der Waals surface area contributed by atoms with E-state index < -0.39 is 10.8 Å². The maximum Gasteiger partial charge on any atom is 0.260 e. The van der Waals surface area contributed by atoms with Crippen molar-refractivity contribution in [1.82, 2.24) is 10.2 Å². The van der Waals surface area contributed by atoms with E-state index in [-0.39, 0.29) is 23.2 Å². The second-order valence-electron chi connectivity index (χ2n) is 8.89. The fourth-order valence-corrected chi connectivity index (χ4v) is 6.26. The highest BCUT2D eigenvalue weighted by Crippen LogP contribution is 2.58. The lowest BCUT2D eigenvalue weighted by Gasteiger charge is -2.30. The molecule has 2 amide bonds. The fraction of sp³-hybridized carbons (Fsp3) is 0.440. The monoisotopic (exact) mass is 454 g/mol. The zero-order chi connectivity index (χ0) is 23.0. The first kappa shape index (κ1) is 22.5. The molecule has 2 aliphatic rings. The summed E-state index contributed by atoms with van der Waals surface area (Å²) in [5.74, 6) is 0.646. The minimum Gasteiger partial charge on any atom is -0.493 e. The standard InChI is InChI=1S/C25H30N2O4S/c1-15(11-12-16-9-7-6-8-10-16)26-22(28)21-25(2,3)32-24-17-13-14-18(30-4)20(31-5)19(17)23(29)27(21)24/h6-10,13-15,21,24H,11-12H2,1-5H3,(H,26,28)/t15-,21-,24+/m1/s1. The molecule has 2 aliphatic heterocycles. The smallest absolute Gasteiger partial charge is 0.260 e. The minimum absolute atomic E-state index is 0.00253. The SMILES string of the molecule is COc1ccc2c(c1OC)C(=O)N1[C@H]2SC(C)(C)[C@H]1C(=O)N[C@H](C)CCc1ccccc1. The topological polar surface area (TPSA) is 67.9 Å². The lowest BCUT2D eigenvalue weighted by atomic mass is 9.99. The van der Waals surface area contributed by atoms with Gasteiger partial charge in [0, 0.05) is 16.4 Å². The number of benzene rings is 2. The third-order valence-corrected chi connectivity index (χ3v) is 7.78. The number of carbonyl (C=O) groups excluding carboxylic acids is 2. The van der Waals surface area contributed by atoms with Crippen molar-refractivity contribution in [2.45, 2.75) is 55.8 Å². The quantitative estimate of drug-likeness (QED) is 0.680. The number of hydrogen-bond acceptors (Lipinski definition) is 5. The summed E-state index contributed by atoms with van der Waals surface area (Å²) in [4.78, 5) is 28.7. The van der Waals surface area contributed by atoms with Crippen molar-refractivity contribution in [1.29, 1.82) is 0 Å². The van der Waals surface area contributed by atoms with E-state index in [9.17, 15) is 9.59 Å². The number of rotatable bonds is 7. The molecule has 1 fully saturated rings. The van der Waals surface area contributed by atoms with Gasteiger partial charge in [0.05, 0.1) is 19.8 Å². The highest BCUT2D eigenvalue weighted by Gasteiger charge is 2.58. The number of ether oxygens (including phenoxy) is 2. The summed E-state index contributed by atoms with van der Waals surface area (Å²) in [5, 5.41) is 2.94. The van der Waals surface area contributed by atoms with Crippen molar-refractivity contribution >= 4 is 23.6 Å². The van der Waals surface area contributed by atoms with Crippen molar-refractivity contribution < 1.29 is 19.1 Å². The van der Waals surface area contributed by atoms with Crippen LogP contribution in [0.4, 0.5) is 0 Å². The van der Waals surface area contributed by atoms with E-state index in [1.54, 1.807) is 23.8 Å². The van der Waals surface area contributed by atoms with E-state index in [1.165, 1.54) is 12.7 Å². The maximum atomic E-state index is 13.5. The number of fused-ring (bicyclic) bond motifs is 3. The first-order valence-electron chi connectivity index (χ1n) is 10.9. The average Bonchev–Trinajstić information content (AvgIpc) is 3.21. The third kappa shape index (κ3) is 3.83. The molecule has 2 aromatic carbocycles. The Morgan fingerprint density at radius 1 is 1.16 bits per heavy atom. The van der Waals surface area contributed by atoms with E-state index in [0.29, 0.717) is 17.1 Å². The first-order valence-corrected chi connectivity index (χ1v) is 11.8. The molecular weight excluding hydrogens is 424 g/mol. The zero-order valence-corrected chi connectivity index (χ0v) is 20.0. The fourth-order valence-electron chi connectivity index (χ4n) is 4.68. The van der Waals surface area contributed by atoms with Crippen LogP contribution in [0, 0.1) is 0 Å². The van der Waals surface area contributed by atoms with E-state index in [0.717, 1.165) is 18.4 Å². The van der Waals surface area contributed by atoms with E-state index in [1.807, 2.05) is 51.1 Å². The number of carbonyl (C=O) groups is 2. The number of thioether (sulfide) groups is 1. The molecule has 2 heterocycles. The average molecular weight is 455 g/mol. The first-order chi connectivity index (χ1) is 15.3. The summed E-state index contributed by atoms with van der Waals surface area (Å²) < 4.78 is 10.5. The van der Waals surface area contributed by atoms with Crippen molar-refractivity contribution in [2.75, 3.05) is 14.2 Å². The molecule has 0 saturated carbocycles. The molecule has 7 heteroatoms. The number of nitrogens with zero attached hydrogens (tertiary/aromatic N) is 1. The molecule has 1 N–H and O–H groups in total. The van der Waals surface area contributed by atoms with Crippen molar-refractivity contribution in [3.05, 3.63) is 59.2 Å². The van der Waals surface area contributed by atoms with Crippen LogP contribution in [-0.2, 0) is 11.2 Å². The highest BCUT2D eigenvalue weighted by atomic mass is 32.2. The Labute approximate surface area is 193 Å². The van der Waals surface area contributed by atoms with Gasteiger partial charge in [-0.1, -0.05) is 36.4 Å². The van der Waals surface area contributed by atoms with Gasteiger partial charge in [-0.05, 0) is 45.2 Å². The minimum atomic E-state index is -0.577. The van der Waals surface area contributed by atoms with Gasteiger partial charge < -0.3 is 19.7 Å². The van der Waals surface area contributed by atoms with Crippen LogP contribution in [0.2, 0.25) is 0 Å². The molecule has 3 atom stereocenters. The Morgan fingerprint density at radius 2 is 1.88 bits per heavy atom. The van der Waals surface area contributed by atoms with Crippen molar-refractivity contribution in [3.8, 4) is 11.5 Å². The number of amides is 2. The lowest BCUT2D eigenvalue weighted by Crippen LogP contribution is -2.54. The van der Waals surface area contributed by atoms with Gasteiger partial charge in [0.2, 0.25) is 5.91 Å². The predicted molar refractivity (Wildman–Crippen MR) is 126 cm³/mol. The maximum absolute atomic E-state index is 13.5. The van der Waals surface area contributed by atoms with Gasteiger partial charge in [-0.15, -0.1) is 11.8 Å². The summed E-state index contributed by atoms with van der Waals surface area (Å²) in [6.45, 7) is 6.08. The molecule has 32 heavy (non-hydrogen) atoms. The Morgan fingerprint density at radius 3 is 2.53 bits per heavy atom. The van der Waals surface area contributed by atoms with Gasteiger partial charge in [-0.25, -0.2) is 0 Å². The van der Waals surface area contributed by atoms with E-state index in [2.05, 4.69) is 17.4 Å². The summed E-state index contributed by atoms with van der Waals surface area (Å²) in [7, 11) is 3.08. The lowest BCUT2D eigenvalue weighted by molar-refractivity contribution is -0.126. The molecule has 0 bridgehead atoms. The Bertz CT molecular complexity index is 1020. The van der Waals surface area contributed by atoms with Crippen molar-refractivity contribution in [3.63, 3.8) is 0 Å². The molecule has 2 aromatic rings. The van der Waals surface area contributed by atoms with E-state index in [4.69, 9.17) is 9.47 Å².